The average Bonchev–Trinajstić information content (AvgIpc) is 2.37. The molecule has 0 aromatic carbocycles. The summed E-state index contributed by atoms with van der Waals surface area (Å²) in [5, 5.41) is 2.67. The summed E-state index contributed by atoms with van der Waals surface area (Å²) >= 11 is 0. The van der Waals surface area contributed by atoms with E-state index in [1.54, 1.807) is 13.1 Å². The van der Waals surface area contributed by atoms with E-state index >= 15 is 0 Å². The van der Waals surface area contributed by atoms with Crippen LogP contribution in [0, 0.1) is 6.92 Å². The largest absolute Gasteiger partial charge is 0.433 e. The van der Waals surface area contributed by atoms with Crippen LogP contribution in [0.15, 0.2) is 24.7 Å². The minimum absolute atomic E-state index is 0.0998. The molecule has 0 atom stereocenters. The van der Waals surface area contributed by atoms with Gasteiger partial charge in [-0.25, -0.2) is 9.97 Å². The summed E-state index contributed by atoms with van der Waals surface area (Å²) in [5.41, 5.74) is 0.366. The maximum absolute atomic E-state index is 12.4. The molecular formula is C11H10F3N5. The molecule has 0 radical (unpaired) electrons. The molecule has 0 spiro atoms. The molecule has 0 aliphatic rings. The second-order valence-corrected chi connectivity index (χ2v) is 3.77. The molecule has 0 aliphatic heterocycles. The van der Waals surface area contributed by atoms with Crippen LogP contribution in [0.25, 0.3) is 0 Å². The first kappa shape index (κ1) is 13.2. The number of nitrogens with zero attached hydrogens (tertiary/aromatic N) is 4. The monoisotopic (exact) mass is 269 g/mol. The maximum Gasteiger partial charge on any atom is 0.433 e. The molecule has 0 bridgehead atoms. The third kappa shape index (κ3) is 3.60. The summed E-state index contributed by atoms with van der Waals surface area (Å²) in [6, 6.07) is 0.816. The van der Waals surface area contributed by atoms with Crippen molar-refractivity contribution in [3.8, 4) is 0 Å². The van der Waals surface area contributed by atoms with E-state index in [4.69, 9.17) is 0 Å². The second-order valence-electron chi connectivity index (χ2n) is 3.77. The van der Waals surface area contributed by atoms with E-state index in [-0.39, 0.29) is 12.5 Å². The van der Waals surface area contributed by atoms with Gasteiger partial charge in [0, 0.05) is 12.4 Å². The highest BCUT2D eigenvalue weighted by Crippen LogP contribution is 2.27. The summed E-state index contributed by atoms with van der Waals surface area (Å²) in [4.78, 5) is 15.2. The summed E-state index contributed by atoms with van der Waals surface area (Å²) in [5.74, 6) is -0.0998. The van der Waals surface area contributed by atoms with E-state index in [9.17, 15) is 13.2 Å². The van der Waals surface area contributed by atoms with Gasteiger partial charge in [0.1, 0.15) is 5.69 Å². The minimum Gasteiger partial charge on any atom is -0.348 e. The van der Waals surface area contributed by atoms with Crippen LogP contribution in [-0.2, 0) is 12.7 Å². The predicted molar refractivity (Wildman–Crippen MR) is 61.1 cm³/mol. The Bertz CT molecular complexity index is 553. The fourth-order valence-electron chi connectivity index (χ4n) is 1.28. The Kier molecular flexibility index (Phi) is 3.59. The van der Waals surface area contributed by atoms with Crippen molar-refractivity contribution in [2.45, 2.75) is 19.6 Å². The maximum atomic E-state index is 12.4. The molecular weight excluding hydrogens is 259 g/mol. The van der Waals surface area contributed by atoms with Crippen molar-refractivity contribution in [3.05, 3.63) is 41.7 Å². The Balaban J connectivity index is 2.05. The van der Waals surface area contributed by atoms with Crippen molar-refractivity contribution < 1.29 is 13.2 Å². The van der Waals surface area contributed by atoms with Crippen LogP contribution in [-0.4, -0.2) is 19.9 Å². The van der Waals surface area contributed by atoms with Gasteiger partial charge in [-0.15, -0.1) is 0 Å². The van der Waals surface area contributed by atoms with Gasteiger partial charge in [-0.3, -0.25) is 9.97 Å². The van der Waals surface area contributed by atoms with Crippen molar-refractivity contribution in [1.29, 1.82) is 0 Å². The van der Waals surface area contributed by atoms with Gasteiger partial charge in [0.2, 0.25) is 5.95 Å². The van der Waals surface area contributed by atoms with Crippen molar-refractivity contribution in [3.63, 3.8) is 0 Å². The molecule has 0 fully saturated rings. The SMILES string of the molecule is Cc1cnc(CNc2nccc(C(F)(F)F)n2)cn1. The second kappa shape index (κ2) is 5.17. The van der Waals surface area contributed by atoms with Crippen LogP contribution < -0.4 is 5.32 Å². The van der Waals surface area contributed by atoms with Crippen LogP contribution in [0.3, 0.4) is 0 Å². The van der Waals surface area contributed by atoms with E-state index < -0.39 is 11.9 Å². The van der Waals surface area contributed by atoms with Gasteiger partial charge in [-0.2, -0.15) is 13.2 Å². The minimum atomic E-state index is -4.48. The lowest BCUT2D eigenvalue weighted by molar-refractivity contribution is -0.141. The van der Waals surface area contributed by atoms with E-state index in [0.29, 0.717) is 5.69 Å². The number of hydrogen-bond acceptors (Lipinski definition) is 5. The van der Waals surface area contributed by atoms with Crippen LogP contribution in [0.5, 0.6) is 0 Å². The Morgan fingerprint density at radius 1 is 1.16 bits per heavy atom. The number of aryl methyl sites for hydroxylation is 1. The van der Waals surface area contributed by atoms with E-state index in [0.717, 1.165) is 18.0 Å². The average molecular weight is 269 g/mol. The van der Waals surface area contributed by atoms with Gasteiger partial charge in [0.05, 0.1) is 24.1 Å². The van der Waals surface area contributed by atoms with E-state index in [1.807, 2.05) is 0 Å². The number of anilines is 1. The molecule has 0 saturated heterocycles. The van der Waals surface area contributed by atoms with Gasteiger partial charge in [-0.1, -0.05) is 0 Å². The zero-order valence-electron chi connectivity index (χ0n) is 9.94. The van der Waals surface area contributed by atoms with Crippen LogP contribution in [0.4, 0.5) is 19.1 Å². The number of alkyl halides is 3. The fraction of sp³-hybridized carbons (Fsp3) is 0.273. The van der Waals surface area contributed by atoms with Gasteiger partial charge in [0.15, 0.2) is 0 Å². The standard InChI is InChI=1S/C11H10F3N5/c1-7-4-17-8(5-16-7)6-18-10-15-3-2-9(19-10)11(12,13)14/h2-5H,6H2,1H3,(H,15,18,19). The highest BCUT2D eigenvalue weighted by atomic mass is 19.4. The van der Waals surface area contributed by atoms with E-state index in [1.165, 1.54) is 6.20 Å². The molecule has 2 rings (SSSR count). The van der Waals surface area contributed by atoms with Crippen LogP contribution >= 0.6 is 0 Å². The first-order valence-corrected chi connectivity index (χ1v) is 5.37. The highest BCUT2D eigenvalue weighted by Gasteiger charge is 2.32. The van der Waals surface area contributed by atoms with Gasteiger partial charge in [-0.05, 0) is 13.0 Å². The molecule has 0 amide bonds. The molecule has 0 aliphatic carbocycles. The predicted octanol–water partition coefficient (Wildman–Crippen LogP) is 2.21. The van der Waals surface area contributed by atoms with E-state index in [2.05, 4.69) is 25.3 Å². The molecule has 19 heavy (non-hydrogen) atoms. The molecule has 0 unspecified atom stereocenters. The number of rotatable bonds is 3. The Hall–Kier alpha value is -2.25. The molecule has 2 aromatic heterocycles. The van der Waals surface area contributed by atoms with Crippen molar-refractivity contribution in [1.82, 2.24) is 19.9 Å². The lowest BCUT2D eigenvalue weighted by atomic mass is 10.4. The number of aromatic nitrogens is 4. The summed E-state index contributed by atoms with van der Waals surface area (Å²) in [6.45, 7) is 1.99. The normalized spacial score (nSPS) is 11.4. The fourth-order valence-corrected chi connectivity index (χ4v) is 1.28. The molecule has 100 valence electrons. The third-order valence-corrected chi connectivity index (χ3v) is 2.21. The van der Waals surface area contributed by atoms with Gasteiger partial charge < -0.3 is 5.32 Å². The Labute approximate surface area is 107 Å². The molecule has 5 nitrogen and oxygen atoms in total. The van der Waals surface area contributed by atoms with Crippen molar-refractivity contribution >= 4 is 5.95 Å². The number of halogens is 3. The van der Waals surface area contributed by atoms with Crippen molar-refractivity contribution in [2.75, 3.05) is 5.32 Å². The molecule has 1 N–H and O–H groups in total. The van der Waals surface area contributed by atoms with Crippen LogP contribution in [0.1, 0.15) is 17.1 Å². The smallest absolute Gasteiger partial charge is 0.348 e. The van der Waals surface area contributed by atoms with Gasteiger partial charge in [0.25, 0.3) is 0 Å². The summed E-state index contributed by atoms with van der Waals surface area (Å²) in [6.07, 6.45) is -0.317. The summed E-state index contributed by atoms with van der Waals surface area (Å²) in [7, 11) is 0. The molecule has 2 heterocycles. The van der Waals surface area contributed by atoms with Crippen molar-refractivity contribution in [2.24, 2.45) is 0 Å². The topological polar surface area (TPSA) is 63.6 Å². The molecule has 8 heteroatoms. The first-order chi connectivity index (χ1) is 8.95. The third-order valence-electron chi connectivity index (χ3n) is 2.21. The van der Waals surface area contributed by atoms with Crippen LogP contribution in [0.2, 0.25) is 0 Å². The first-order valence-electron chi connectivity index (χ1n) is 5.37. The quantitative estimate of drug-likeness (QED) is 0.925. The van der Waals surface area contributed by atoms with Gasteiger partial charge >= 0.3 is 6.18 Å². The molecule has 0 saturated carbocycles. The molecule has 2 aromatic rings. The highest BCUT2D eigenvalue weighted by molar-refractivity contribution is 5.26. The number of hydrogen-bond donors (Lipinski definition) is 1. The lowest BCUT2D eigenvalue weighted by Gasteiger charge is -2.08. The Morgan fingerprint density at radius 3 is 2.58 bits per heavy atom. The number of nitrogens with one attached hydrogen (secondary N) is 1. The zero-order chi connectivity index (χ0) is 13.9. The zero-order valence-corrected chi connectivity index (χ0v) is 9.94. The Morgan fingerprint density at radius 2 is 1.95 bits per heavy atom. The summed E-state index contributed by atoms with van der Waals surface area (Å²) < 4.78 is 37.3. The lowest BCUT2D eigenvalue weighted by Crippen LogP contribution is -2.12.